The van der Waals surface area contributed by atoms with E-state index in [9.17, 15) is 14.4 Å². The predicted molar refractivity (Wildman–Crippen MR) is 362 cm³/mol. The lowest BCUT2D eigenvalue weighted by Gasteiger charge is -2.18. The molecule has 6 heteroatoms. The van der Waals surface area contributed by atoms with Crippen molar-refractivity contribution in [3.8, 4) is 0 Å². The fourth-order valence-corrected chi connectivity index (χ4v) is 9.74. The first-order valence-electron chi connectivity index (χ1n) is 35.0. The molecule has 6 nitrogen and oxygen atoms in total. The average Bonchev–Trinajstić information content (AvgIpc) is 3.48. The zero-order valence-electron chi connectivity index (χ0n) is 54.4. The average molecular weight is 1150 g/mol. The van der Waals surface area contributed by atoms with Crippen molar-refractivity contribution < 1.29 is 28.6 Å². The number of rotatable bonds is 63. The third-order valence-electron chi connectivity index (χ3n) is 14.9. The van der Waals surface area contributed by atoms with Crippen LogP contribution >= 0.6 is 0 Å². The van der Waals surface area contributed by atoms with Crippen molar-refractivity contribution in [2.75, 3.05) is 13.2 Å². The van der Waals surface area contributed by atoms with E-state index in [0.717, 1.165) is 135 Å². The van der Waals surface area contributed by atoms with Crippen LogP contribution in [0.1, 0.15) is 329 Å². The smallest absolute Gasteiger partial charge is 0.306 e. The topological polar surface area (TPSA) is 78.9 Å². The number of hydrogen-bond donors (Lipinski definition) is 0. The van der Waals surface area contributed by atoms with Gasteiger partial charge in [-0.1, -0.05) is 309 Å². The maximum absolute atomic E-state index is 12.9. The fraction of sp³-hybridized carbons (Fsp3) is 0.701. The van der Waals surface area contributed by atoms with Crippen molar-refractivity contribution in [2.45, 2.75) is 335 Å². The van der Waals surface area contributed by atoms with Gasteiger partial charge >= 0.3 is 17.9 Å². The fourth-order valence-electron chi connectivity index (χ4n) is 9.74. The van der Waals surface area contributed by atoms with Crippen LogP contribution in [0.3, 0.4) is 0 Å². The van der Waals surface area contributed by atoms with Gasteiger partial charge in [-0.25, -0.2) is 0 Å². The second kappa shape index (κ2) is 70.3. The first-order valence-corrected chi connectivity index (χ1v) is 35.0. The number of esters is 3. The van der Waals surface area contributed by atoms with E-state index >= 15 is 0 Å². The van der Waals surface area contributed by atoms with Crippen LogP contribution in [0.15, 0.2) is 122 Å². The molecule has 0 aromatic heterocycles. The lowest BCUT2D eigenvalue weighted by atomic mass is 10.0. The highest BCUT2D eigenvalue weighted by Crippen LogP contribution is 2.17. The lowest BCUT2D eigenvalue weighted by Crippen LogP contribution is -2.30. The minimum absolute atomic E-state index is 0.0850. The van der Waals surface area contributed by atoms with Crippen molar-refractivity contribution in [3.05, 3.63) is 122 Å². The Hall–Kier alpha value is -4.19. The van der Waals surface area contributed by atoms with Crippen molar-refractivity contribution in [2.24, 2.45) is 0 Å². The molecule has 0 aromatic rings. The van der Waals surface area contributed by atoms with Gasteiger partial charge in [-0.3, -0.25) is 14.4 Å². The third-order valence-corrected chi connectivity index (χ3v) is 14.9. The Labute approximate surface area is 513 Å². The normalized spacial score (nSPS) is 12.9. The van der Waals surface area contributed by atoms with Crippen LogP contribution in [-0.4, -0.2) is 37.2 Å². The lowest BCUT2D eigenvalue weighted by molar-refractivity contribution is -0.167. The van der Waals surface area contributed by atoms with Crippen molar-refractivity contribution in [1.29, 1.82) is 0 Å². The number of carbonyl (C=O) groups is 3. The Bertz CT molecular complexity index is 1700. The molecule has 0 spiro atoms. The Morgan fingerprint density at radius 2 is 0.470 bits per heavy atom. The molecule has 0 saturated carbocycles. The first-order chi connectivity index (χ1) is 41.0. The predicted octanol–water partition coefficient (Wildman–Crippen LogP) is 24.3. The van der Waals surface area contributed by atoms with E-state index in [2.05, 4.69) is 142 Å². The Morgan fingerprint density at radius 3 is 0.747 bits per heavy atom. The maximum atomic E-state index is 12.9. The van der Waals surface area contributed by atoms with Gasteiger partial charge in [-0.15, -0.1) is 0 Å². The molecule has 1 atom stereocenters. The summed E-state index contributed by atoms with van der Waals surface area (Å²) in [6.07, 6.45) is 98.1. The minimum atomic E-state index is -0.790. The molecular weight excluding hydrogens is 1020 g/mol. The summed E-state index contributed by atoms with van der Waals surface area (Å²) in [4.78, 5) is 38.3. The number of hydrogen-bond acceptors (Lipinski definition) is 6. The standard InChI is InChI=1S/C77H130O6/c1-4-7-10-13-16-19-22-24-26-28-30-31-32-33-34-35-36-37-38-39-40-41-42-43-44-45-47-48-50-52-55-58-61-64-67-70-76(79)82-73-74(72-81-75(78)69-66-63-60-57-54-21-18-15-12-9-6-3)83-77(80)71-68-65-62-59-56-53-51-49-46-29-27-25-23-20-17-14-11-8-5-2/h7-8,10-11,15-20,24-27,30-31,33-34,46,49,74H,4-6,9,12-14,21-23,28-29,32,35-45,47-48,50-73H2,1-3H3/b10-7-,11-8-,18-15-,19-16-,20-17-,26-24-,27-25-,31-30-,34-33-,49-46-. The highest BCUT2D eigenvalue weighted by Gasteiger charge is 2.19. The van der Waals surface area contributed by atoms with Crippen LogP contribution in [0.4, 0.5) is 0 Å². The molecule has 0 N–H and O–H groups in total. The number of ether oxygens (including phenoxy) is 3. The second-order valence-electron chi connectivity index (χ2n) is 23.0. The highest BCUT2D eigenvalue weighted by atomic mass is 16.6. The molecule has 0 rings (SSSR count). The van der Waals surface area contributed by atoms with Crippen LogP contribution in [0, 0.1) is 0 Å². The Kier molecular flexibility index (Phi) is 66.7. The van der Waals surface area contributed by atoms with Crippen molar-refractivity contribution in [3.63, 3.8) is 0 Å². The largest absolute Gasteiger partial charge is 0.462 e. The summed E-state index contributed by atoms with van der Waals surface area (Å²) in [6, 6.07) is 0. The summed E-state index contributed by atoms with van der Waals surface area (Å²) in [5, 5.41) is 0. The molecular formula is C77H130O6. The summed E-state index contributed by atoms with van der Waals surface area (Å²) in [5.41, 5.74) is 0. The van der Waals surface area contributed by atoms with Gasteiger partial charge < -0.3 is 14.2 Å². The summed E-state index contributed by atoms with van der Waals surface area (Å²) < 4.78 is 16.9. The number of allylic oxidation sites excluding steroid dienone is 20. The van der Waals surface area contributed by atoms with E-state index in [1.807, 2.05) is 0 Å². The summed E-state index contributed by atoms with van der Waals surface area (Å²) in [7, 11) is 0. The molecule has 0 radical (unpaired) electrons. The van der Waals surface area contributed by atoms with Crippen LogP contribution in [0.5, 0.6) is 0 Å². The Balaban J connectivity index is 4.14. The zero-order valence-corrected chi connectivity index (χ0v) is 54.4. The highest BCUT2D eigenvalue weighted by molar-refractivity contribution is 5.71. The third kappa shape index (κ3) is 68.5. The molecule has 0 bridgehead atoms. The number of carbonyl (C=O) groups excluding carboxylic acids is 3. The summed E-state index contributed by atoms with van der Waals surface area (Å²) in [6.45, 7) is 6.38. The van der Waals surface area contributed by atoms with Crippen LogP contribution in [0.25, 0.3) is 0 Å². The molecule has 1 unspecified atom stereocenters. The zero-order chi connectivity index (χ0) is 59.9. The molecule has 0 aliphatic heterocycles. The molecule has 0 aliphatic carbocycles. The van der Waals surface area contributed by atoms with E-state index < -0.39 is 6.10 Å². The second-order valence-corrected chi connectivity index (χ2v) is 23.0. The van der Waals surface area contributed by atoms with Crippen LogP contribution < -0.4 is 0 Å². The minimum Gasteiger partial charge on any atom is -0.462 e. The van der Waals surface area contributed by atoms with Gasteiger partial charge in [0.25, 0.3) is 0 Å². The van der Waals surface area contributed by atoms with Gasteiger partial charge in [0.2, 0.25) is 0 Å². The van der Waals surface area contributed by atoms with E-state index in [1.54, 1.807) is 0 Å². The van der Waals surface area contributed by atoms with E-state index in [1.165, 1.54) is 154 Å². The van der Waals surface area contributed by atoms with Gasteiger partial charge in [-0.2, -0.15) is 0 Å². The van der Waals surface area contributed by atoms with Crippen molar-refractivity contribution >= 4 is 17.9 Å². The first kappa shape index (κ1) is 78.8. The van der Waals surface area contributed by atoms with Gasteiger partial charge in [0, 0.05) is 19.3 Å². The molecule has 0 aromatic carbocycles. The molecule has 83 heavy (non-hydrogen) atoms. The molecule has 0 aliphatic rings. The quantitative estimate of drug-likeness (QED) is 0.0261. The molecule has 0 fully saturated rings. The van der Waals surface area contributed by atoms with E-state index in [4.69, 9.17) is 14.2 Å². The van der Waals surface area contributed by atoms with Gasteiger partial charge in [0.05, 0.1) is 0 Å². The summed E-state index contributed by atoms with van der Waals surface area (Å²) >= 11 is 0. The monoisotopic (exact) mass is 1150 g/mol. The number of unbranched alkanes of at least 4 members (excludes halogenated alkanes) is 32. The van der Waals surface area contributed by atoms with Gasteiger partial charge in [0.1, 0.15) is 13.2 Å². The van der Waals surface area contributed by atoms with E-state index in [-0.39, 0.29) is 31.1 Å². The maximum Gasteiger partial charge on any atom is 0.306 e. The SMILES string of the molecule is CC/C=C\C/C=C\C/C=C\C/C=C\C/C=C\CCCCCCCCCCCCCCCCCCCCCC(=O)OCC(COC(=O)CCCCCCC/C=C\CCCC)OC(=O)CCCCCCCC/C=C\C/C=C\C/C=C\C/C=C\CC. The van der Waals surface area contributed by atoms with Crippen LogP contribution in [0.2, 0.25) is 0 Å². The molecule has 0 heterocycles. The Morgan fingerprint density at radius 1 is 0.253 bits per heavy atom. The summed E-state index contributed by atoms with van der Waals surface area (Å²) in [5.74, 6) is -0.899. The molecule has 474 valence electrons. The van der Waals surface area contributed by atoms with Gasteiger partial charge in [-0.05, 0) is 122 Å². The van der Waals surface area contributed by atoms with Crippen LogP contribution in [-0.2, 0) is 28.6 Å². The van der Waals surface area contributed by atoms with Gasteiger partial charge in [0.15, 0.2) is 6.10 Å². The van der Waals surface area contributed by atoms with Crippen molar-refractivity contribution in [1.82, 2.24) is 0 Å². The molecule has 0 saturated heterocycles. The van der Waals surface area contributed by atoms with E-state index in [0.29, 0.717) is 19.3 Å². The molecule has 0 amide bonds.